The third-order valence-electron chi connectivity index (χ3n) is 1.58. The first-order valence-electron chi connectivity index (χ1n) is 4.33. The van der Waals surface area contributed by atoms with Gasteiger partial charge in [0.15, 0.2) is 0 Å². The van der Waals surface area contributed by atoms with Gasteiger partial charge in [0.25, 0.3) is 0 Å². The van der Waals surface area contributed by atoms with E-state index in [0.717, 1.165) is 0 Å². The first-order chi connectivity index (χ1) is 7.61. The summed E-state index contributed by atoms with van der Waals surface area (Å²) in [6.45, 7) is -2.91. The van der Waals surface area contributed by atoms with Gasteiger partial charge in [-0.1, -0.05) is 6.07 Å². The van der Waals surface area contributed by atoms with Crippen LogP contribution in [0.2, 0.25) is 0 Å². The molecule has 1 rings (SSSR count). The van der Waals surface area contributed by atoms with E-state index in [1.807, 2.05) is 0 Å². The van der Waals surface area contributed by atoms with Crippen molar-refractivity contribution in [3.63, 3.8) is 0 Å². The summed E-state index contributed by atoms with van der Waals surface area (Å²) in [6.07, 6.45) is -0.292. The molecule has 6 heteroatoms. The second-order valence-corrected chi connectivity index (χ2v) is 2.79. The molecule has 0 aliphatic rings. The molecule has 84 valence electrons. The number of nitrogens with zero attached hydrogens (tertiary/aromatic N) is 1. The molecule has 0 aliphatic heterocycles. The van der Waals surface area contributed by atoms with Crippen LogP contribution in [0.5, 0.6) is 5.75 Å². The van der Waals surface area contributed by atoms with Crippen molar-refractivity contribution in [2.75, 3.05) is 5.32 Å². The average molecular weight is 226 g/mol. The van der Waals surface area contributed by atoms with E-state index in [0.29, 0.717) is 5.69 Å². The molecule has 0 fully saturated rings. The molecule has 16 heavy (non-hydrogen) atoms. The molecule has 1 amide bonds. The summed E-state index contributed by atoms with van der Waals surface area (Å²) in [5.74, 6) is -0.554. The minimum Gasteiger partial charge on any atom is -0.435 e. The van der Waals surface area contributed by atoms with E-state index in [4.69, 9.17) is 5.26 Å². The maximum atomic E-state index is 11.9. The average Bonchev–Trinajstić information content (AvgIpc) is 2.17. The molecular weight excluding hydrogens is 218 g/mol. The molecule has 1 N–H and O–H groups in total. The third-order valence-corrected chi connectivity index (χ3v) is 1.58. The number of amides is 1. The monoisotopic (exact) mass is 226 g/mol. The number of ether oxygens (including phenoxy) is 1. The highest BCUT2D eigenvalue weighted by atomic mass is 19.3. The van der Waals surface area contributed by atoms with Gasteiger partial charge in [-0.3, -0.25) is 4.79 Å². The summed E-state index contributed by atoms with van der Waals surface area (Å²) in [7, 11) is 0. The molecule has 0 bridgehead atoms. The molecule has 0 aliphatic carbocycles. The van der Waals surface area contributed by atoms with Crippen LogP contribution in [0, 0.1) is 11.3 Å². The molecule has 4 nitrogen and oxygen atoms in total. The first kappa shape index (κ1) is 11.9. The number of carbonyl (C=O) groups excluding carboxylic acids is 1. The number of alkyl halides is 2. The van der Waals surface area contributed by atoms with Gasteiger partial charge in [0.1, 0.15) is 12.2 Å². The number of halogens is 2. The van der Waals surface area contributed by atoms with Crippen LogP contribution in [-0.2, 0) is 4.79 Å². The van der Waals surface area contributed by atoms with Gasteiger partial charge in [-0.25, -0.2) is 0 Å². The Bertz CT molecular complexity index is 416. The smallest absolute Gasteiger partial charge is 0.387 e. The standard InChI is InChI=1S/C10H8F2N2O2/c11-10(12)16-8-3-1-2-7(6-8)14-9(15)4-5-13/h1-3,6,10H,4H2,(H,14,15). The topological polar surface area (TPSA) is 62.1 Å². The van der Waals surface area contributed by atoms with Gasteiger partial charge in [-0.05, 0) is 12.1 Å². The van der Waals surface area contributed by atoms with Crippen molar-refractivity contribution in [1.29, 1.82) is 5.26 Å². The fourth-order valence-electron chi connectivity index (χ4n) is 1.03. The van der Waals surface area contributed by atoms with Gasteiger partial charge in [0.05, 0.1) is 6.07 Å². The predicted octanol–water partition coefficient (Wildman–Crippen LogP) is 2.14. The lowest BCUT2D eigenvalue weighted by atomic mass is 10.3. The zero-order valence-corrected chi connectivity index (χ0v) is 8.11. The Morgan fingerprint density at radius 2 is 2.31 bits per heavy atom. The van der Waals surface area contributed by atoms with E-state index in [-0.39, 0.29) is 12.2 Å². The molecule has 1 aromatic carbocycles. The Labute approximate surface area is 90.4 Å². The quantitative estimate of drug-likeness (QED) is 0.855. The summed E-state index contributed by atoms with van der Waals surface area (Å²) in [4.78, 5) is 11.0. The zero-order valence-electron chi connectivity index (χ0n) is 8.11. The number of hydrogen-bond donors (Lipinski definition) is 1. The van der Waals surface area contributed by atoms with Gasteiger partial charge < -0.3 is 10.1 Å². The van der Waals surface area contributed by atoms with Crippen molar-refractivity contribution < 1.29 is 18.3 Å². The molecular formula is C10H8F2N2O2. The van der Waals surface area contributed by atoms with E-state index < -0.39 is 12.5 Å². The van der Waals surface area contributed by atoms with Crippen LogP contribution in [0.3, 0.4) is 0 Å². The number of nitriles is 1. The van der Waals surface area contributed by atoms with Crippen LogP contribution in [-0.4, -0.2) is 12.5 Å². The Morgan fingerprint density at radius 1 is 1.56 bits per heavy atom. The Kier molecular flexibility index (Phi) is 4.21. The minimum atomic E-state index is -2.91. The zero-order chi connectivity index (χ0) is 12.0. The highest BCUT2D eigenvalue weighted by Gasteiger charge is 2.06. The highest BCUT2D eigenvalue weighted by molar-refractivity contribution is 5.92. The Hall–Kier alpha value is -2.16. The van der Waals surface area contributed by atoms with Crippen LogP contribution >= 0.6 is 0 Å². The first-order valence-corrected chi connectivity index (χ1v) is 4.33. The highest BCUT2D eigenvalue weighted by Crippen LogP contribution is 2.19. The second kappa shape index (κ2) is 5.66. The van der Waals surface area contributed by atoms with Gasteiger partial charge >= 0.3 is 6.61 Å². The molecule has 1 aromatic rings. The summed E-state index contributed by atoms with van der Waals surface area (Å²) >= 11 is 0. The van der Waals surface area contributed by atoms with Crippen LogP contribution in [0.15, 0.2) is 24.3 Å². The van der Waals surface area contributed by atoms with Crippen molar-refractivity contribution in [3.05, 3.63) is 24.3 Å². The number of rotatable bonds is 4. The molecule has 0 radical (unpaired) electrons. The summed E-state index contributed by atoms with van der Waals surface area (Å²) in [5, 5.41) is 10.6. The predicted molar refractivity (Wildman–Crippen MR) is 51.9 cm³/mol. The van der Waals surface area contributed by atoms with Crippen molar-refractivity contribution in [2.24, 2.45) is 0 Å². The Balaban J connectivity index is 2.68. The lowest BCUT2D eigenvalue weighted by molar-refractivity contribution is -0.115. The fourth-order valence-corrected chi connectivity index (χ4v) is 1.03. The van der Waals surface area contributed by atoms with E-state index >= 15 is 0 Å². The molecule has 0 saturated heterocycles. The molecule has 0 atom stereocenters. The summed E-state index contributed by atoms with van der Waals surface area (Å²) in [5.41, 5.74) is 0.304. The maximum Gasteiger partial charge on any atom is 0.387 e. The molecule has 0 spiro atoms. The number of hydrogen-bond acceptors (Lipinski definition) is 3. The molecule has 0 unspecified atom stereocenters. The van der Waals surface area contributed by atoms with Crippen LogP contribution in [0.1, 0.15) is 6.42 Å². The van der Waals surface area contributed by atoms with Crippen LogP contribution in [0.25, 0.3) is 0 Å². The molecule has 0 heterocycles. The van der Waals surface area contributed by atoms with E-state index in [9.17, 15) is 13.6 Å². The van der Waals surface area contributed by atoms with Crippen LogP contribution in [0.4, 0.5) is 14.5 Å². The number of anilines is 1. The van der Waals surface area contributed by atoms with Crippen molar-refractivity contribution >= 4 is 11.6 Å². The fraction of sp³-hybridized carbons (Fsp3) is 0.200. The van der Waals surface area contributed by atoms with Gasteiger partial charge in [-0.15, -0.1) is 0 Å². The summed E-state index contributed by atoms with van der Waals surface area (Å²) < 4.78 is 27.9. The second-order valence-electron chi connectivity index (χ2n) is 2.79. The Morgan fingerprint density at radius 3 is 2.94 bits per heavy atom. The number of nitrogens with one attached hydrogen (secondary N) is 1. The maximum absolute atomic E-state index is 11.9. The van der Waals surface area contributed by atoms with Gasteiger partial charge in [-0.2, -0.15) is 14.0 Å². The van der Waals surface area contributed by atoms with Gasteiger partial charge in [0, 0.05) is 11.8 Å². The number of benzene rings is 1. The van der Waals surface area contributed by atoms with Crippen molar-refractivity contribution in [1.82, 2.24) is 0 Å². The van der Waals surface area contributed by atoms with E-state index in [1.165, 1.54) is 24.3 Å². The van der Waals surface area contributed by atoms with E-state index in [1.54, 1.807) is 6.07 Å². The summed E-state index contributed by atoms with van der Waals surface area (Å²) in [6, 6.07) is 7.23. The van der Waals surface area contributed by atoms with Crippen molar-refractivity contribution in [3.8, 4) is 11.8 Å². The van der Waals surface area contributed by atoms with Crippen molar-refractivity contribution in [2.45, 2.75) is 13.0 Å². The SMILES string of the molecule is N#CCC(=O)Nc1cccc(OC(F)F)c1. The number of carbonyl (C=O) groups is 1. The third kappa shape index (κ3) is 3.92. The van der Waals surface area contributed by atoms with E-state index in [2.05, 4.69) is 10.1 Å². The minimum absolute atomic E-state index is 0.0512. The van der Waals surface area contributed by atoms with Gasteiger partial charge in [0.2, 0.25) is 5.91 Å². The lowest BCUT2D eigenvalue weighted by Gasteiger charge is -2.07. The van der Waals surface area contributed by atoms with Crippen LogP contribution < -0.4 is 10.1 Å². The molecule has 0 aromatic heterocycles. The largest absolute Gasteiger partial charge is 0.435 e. The normalized spacial score (nSPS) is 9.62. The molecule has 0 saturated carbocycles. The lowest BCUT2D eigenvalue weighted by Crippen LogP contribution is -2.10.